The van der Waals surface area contributed by atoms with Gasteiger partial charge in [-0.25, -0.2) is 0 Å². The average Bonchev–Trinajstić information content (AvgIpc) is 2.84. The zero-order chi connectivity index (χ0) is 12.2. The van der Waals surface area contributed by atoms with Crippen LogP contribution in [0.15, 0.2) is 25.4 Å². The number of hydrogen-bond donors (Lipinski definition) is 0. The summed E-state index contributed by atoms with van der Waals surface area (Å²) in [4.78, 5) is 10.9. The van der Waals surface area contributed by atoms with E-state index in [-0.39, 0.29) is 4.92 Å². The summed E-state index contributed by atoms with van der Waals surface area (Å²) in [5.41, 5.74) is 3.89. The fourth-order valence-electron chi connectivity index (χ4n) is 3.19. The van der Waals surface area contributed by atoms with Crippen LogP contribution in [0.4, 0.5) is 5.69 Å². The molecule has 2 aliphatic carbocycles. The van der Waals surface area contributed by atoms with Crippen LogP contribution in [0.1, 0.15) is 35.8 Å². The summed E-state index contributed by atoms with van der Waals surface area (Å²) in [5.74, 6) is 0.721. The number of halogens is 2. The molecule has 2 aliphatic rings. The quantitative estimate of drug-likeness (QED) is 0.353. The van der Waals surface area contributed by atoms with Crippen LogP contribution in [-0.4, -0.2) is 4.92 Å². The second-order valence-corrected chi connectivity index (χ2v) is 8.66. The minimum Gasteiger partial charge on any atom is -0.258 e. The topological polar surface area (TPSA) is 43.1 Å². The van der Waals surface area contributed by atoms with Crippen LogP contribution in [0.25, 0.3) is 0 Å². The highest BCUT2D eigenvalue weighted by Crippen LogP contribution is 2.61. The van der Waals surface area contributed by atoms with Gasteiger partial charge in [-0.2, -0.15) is 0 Å². The summed E-state index contributed by atoms with van der Waals surface area (Å²) in [6, 6.07) is 5.51. The van der Waals surface area contributed by atoms with Crippen molar-refractivity contribution in [3.63, 3.8) is 0 Å². The monoisotopic (exact) mass is 453 g/mol. The van der Waals surface area contributed by atoms with E-state index in [1.165, 1.54) is 12.7 Å². The van der Waals surface area contributed by atoms with Crippen LogP contribution in [0.5, 0.6) is 0 Å². The van der Waals surface area contributed by atoms with Crippen molar-refractivity contribution >= 4 is 50.9 Å². The molecular weight excluding hydrogens is 444 g/mol. The number of nitro benzene ring substituents is 1. The summed E-state index contributed by atoms with van der Waals surface area (Å²) < 4.78 is 1.28. The maximum absolute atomic E-state index is 11.1. The van der Waals surface area contributed by atoms with Crippen molar-refractivity contribution in [3.8, 4) is 0 Å². The molecule has 0 saturated heterocycles. The minimum atomic E-state index is -0.239. The van der Waals surface area contributed by atoms with E-state index in [0.717, 1.165) is 18.4 Å². The number of fused-ring (bicyclic) bond motifs is 5. The number of nitro groups is 1. The molecule has 17 heavy (non-hydrogen) atoms. The SMILES string of the molecule is O=[N+]([O-])c1cccc2c1C1CCC2C1=C(I)I. The number of nitrogens with zero attached hydrogens (tertiary/aromatic N) is 1. The molecule has 1 fully saturated rings. The lowest BCUT2D eigenvalue weighted by atomic mass is 9.91. The molecule has 0 amide bonds. The molecule has 2 atom stereocenters. The third-order valence-corrected chi connectivity index (χ3v) is 5.00. The summed E-state index contributed by atoms with van der Waals surface area (Å²) in [5, 5.41) is 11.1. The zero-order valence-electron chi connectivity index (χ0n) is 8.82. The van der Waals surface area contributed by atoms with E-state index >= 15 is 0 Å². The first kappa shape index (κ1) is 11.9. The smallest absolute Gasteiger partial charge is 0.258 e. The first-order valence-electron chi connectivity index (χ1n) is 5.43. The van der Waals surface area contributed by atoms with Gasteiger partial charge >= 0.3 is 0 Å². The Morgan fingerprint density at radius 3 is 2.65 bits per heavy atom. The lowest BCUT2D eigenvalue weighted by Crippen LogP contribution is -2.02. The second-order valence-electron chi connectivity index (χ2n) is 4.44. The summed E-state index contributed by atoms with van der Waals surface area (Å²) in [6.45, 7) is 0. The molecule has 0 spiro atoms. The van der Waals surface area contributed by atoms with E-state index in [0.29, 0.717) is 17.5 Å². The van der Waals surface area contributed by atoms with Gasteiger partial charge < -0.3 is 0 Å². The Balaban J connectivity index is 2.26. The van der Waals surface area contributed by atoms with Crippen molar-refractivity contribution in [3.05, 3.63) is 46.6 Å². The molecule has 88 valence electrons. The predicted molar refractivity (Wildman–Crippen MR) is 82.9 cm³/mol. The van der Waals surface area contributed by atoms with E-state index in [4.69, 9.17) is 0 Å². The van der Waals surface area contributed by atoms with Gasteiger partial charge in [-0.15, -0.1) is 0 Å². The highest BCUT2D eigenvalue weighted by molar-refractivity contribution is 14.2. The molecule has 2 unspecified atom stereocenters. The maximum Gasteiger partial charge on any atom is 0.273 e. The van der Waals surface area contributed by atoms with E-state index in [1.54, 1.807) is 6.07 Å². The predicted octanol–water partition coefficient (Wildman–Crippen LogP) is 4.65. The van der Waals surface area contributed by atoms with Gasteiger partial charge in [0.05, 0.1) is 6.51 Å². The Morgan fingerprint density at radius 1 is 1.29 bits per heavy atom. The molecule has 1 aromatic rings. The zero-order valence-corrected chi connectivity index (χ0v) is 13.1. The number of benzene rings is 1. The van der Waals surface area contributed by atoms with Crippen molar-refractivity contribution in [1.82, 2.24) is 0 Å². The summed E-state index contributed by atoms with van der Waals surface area (Å²) >= 11 is 4.68. The molecule has 0 N–H and O–H groups in total. The van der Waals surface area contributed by atoms with Gasteiger partial charge in [-0.3, -0.25) is 10.1 Å². The Morgan fingerprint density at radius 2 is 2.00 bits per heavy atom. The standard InChI is InChI=1S/C12H9I2NO2/c13-12(14)11-7-4-5-8(11)10-6(7)2-1-3-9(10)15(16)17/h1-3,7-8H,4-5H2. The number of allylic oxidation sites excluding steroid dienone is 1. The van der Waals surface area contributed by atoms with Crippen LogP contribution in [-0.2, 0) is 0 Å². The van der Waals surface area contributed by atoms with Gasteiger partial charge in [0.15, 0.2) is 0 Å². The first-order valence-corrected chi connectivity index (χ1v) is 7.59. The van der Waals surface area contributed by atoms with Gasteiger partial charge in [0, 0.05) is 23.5 Å². The van der Waals surface area contributed by atoms with E-state index in [1.807, 2.05) is 6.07 Å². The van der Waals surface area contributed by atoms with Gasteiger partial charge in [0.25, 0.3) is 5.69 Å². The van der Waals surface area contributed by atoms with Crippen molar-refractivity contribution in [2.45, 2.75) is 24.7 Å². The Hall–Kier alpha value is -0.180. The summed E-state index contributed by atoms with van der Waals surface area (Å²) in [6.07, 6.45) is 2.21. The third kappa shape index (κ3) is 1.65. The molecule has 0 aromatic heterocycles. The summed E-state index contributed by atoms with van der Waals surface area (Å²) in [7, 11) is 0. The molecule has 3 rings (SSSR count). The molecule has 0 radical (unpaired) electrons. The van der Waals surface area contributed by atoms with Gasteiger partial charge in [0.2, 0.25) is 0 Å². The highest BCUT2D eigenvalue weighted by atomic mass is 127. The van der Waals surface area contributed by atoms with Gasteiger partial charge in [-0.1, -0.05) is 12.1 Å². The maximum atomic E-state index is 11.1. The molecule has 3 nitrogen and oxygen atoms in total. The average molecular weight is 453 g/mol. The van der Waals surface area contributed by atoms with Crippen LogP contribution >= 0.6 is 45.2 Å². The fraction of sp³-hybridized carbons (Fsp3) is 0.333. The Bertz CT molecular complexity index is 549. The largest absolute Gasteiger partial charge is 0.273 e. The Labute approximate surface area is 126 Å². The van der Waals surface area contributed by atoms with Crippen molar-refractivity contribution in [2.24, 2.45) is 0 Å². The van der Waals surface area contributed by atoms with Gasteiger partial charge in [0.1, 0.15) is 0 Å². The normalized spacial score (nSPS) is 24.9. The highest BCUT2D eigenvalue weighted by Gasteiger charge is 2.46. The first-order chi connectivity index (χ1) is 8.11. The molecule has 5 heteroatoms. The molecule has 0 aliphatic heterocycles. The molecule has 1 aromatic carbocycles. The third-order valence-electron chi connectivity index (χ3n) is 3.75. The van der Waals surface area contributed by atoms with Crippen LogP contribution < -0.4 is 0 Å². The van der Waals surface area contributed by atoms with Crippen LogP contribution in [0.3, 0.4) is 0 Å². The molecule has 2 bridgehead atoms. The van der Waals surface area contributed by atoms with Crippen molar-refractivity contribution < 1.29 is 4.92 Å². The number of hydrogen-bond acceptors (Lipinski definition) is 2. The van der Waals surface area contributed by atoms with E-state index in [9.17, 15) is 10.1 Å². The van der Waals surface area contributed by atoms with E-state index < -0.39 is 0 Å². The molecule has 1 saturated carbocycles. The molecule has 0 heterocycles. The Kier molecular flexibility index (Phi) is 2.92. The second kappa shape index (κ2) is 4.18. The fourth-order valence-corrected chi connectivity index (χ4v) is 4.69. The molecular formula is C12H9I2NO2. The minimum absolute atomic E-state index is 0.239. The number of rotatable bonds is 1. The lowest BCUT2D eigenvalue weighted by molar-refractivity contribution is -0.385. The van der Waals surface area contributed by atoms with Crippen LogP contribution in [0, 0.1) is 10.1 Å². The van der Waals surface area contributed by atoms with Crippen molar-refractivity contribution in [1.29, 1.82) is 0 Å². The van der Waals surface area contributed by atoms with Crippen LogP contribution in [0.2, 0.25) is 0 Å². The van der Waals surface area contributed by atoms with Gasteiger partial charge in [-0.05, 0) is 69.2 Å². The lowest BCUT2D eigenvalue weighted by Gasteiger charge is -2.13. The van der Waals surface area contributed by atoms with E-state index in [2.05, 4.69) is 51.2 Å². The van der Waals surface area contributed by atoms with Crippen molar-refractivity contribution in [2.75, 3.05) is 0 Å².